The van der Waals surface area contributed by atoms with Crippen molar-refractivity contribution in [1.82, 2.24) is 9.80 Å². The first-order valence-electron chi connectivity index (χ1n) is 14.6. The number of carbonyl (C=O) groups excluding carboxylic acids is 2. The number of benzene rings is 2. The fraction of sp³-hybridized carbons (Fsp3) is 0.562. The maximum atomic E-state index is 14.1. The van der Waals surface area contributed by atoms with Gasteiger partial charge in [0, 0.05) is 42.1 Å². The quantitative estimate of drug-likeness (QED) is 0.300. The predicted octanol–water partition coefficient (Wildman–Crippen LogP) is 5.69. The van der Waals surface area contributed by atoms with Crippen molar-refractivity contribution in [2.45, 2.75) is 76.5 Å². The molecule has 5 atom stereocenters. The van der Waals surface area contributed by atoms with Crippen molar-refractivity contribution in [3.63, 3.8) is 0 Å². The summed E-state index contributed by atoms with van der Waals surface area (Å²) in [4.78, 5) is 30.7. The molecule has 1 amide bonds. The van der Waals surface area contributed by atoms with Gasteiger partial charge in [-0.25, -0.2) is 0 Å². The molecule has 1 spiro atoms. The Balaban J connectivity index is 1.44. The summed E-state index contributed by atoms with van der Waals surface area (Å²) in [5, 5.41) is 0.924. The summed E-state index contributed by atoms with van der Waals surface area (Å²) in [7, 11) is 3.82. The van der Waals surface area contributed by atoms with Crippen LogP contribution in [-0.2, 0) is 27.8 Å². The molecule has 1 saturated heterocycles. The van der Waals surface area contributed by atoms with Crippen LogP contribution >= 0.6 is 23.2 Å². The van der Waals surface area contributed by atoms with E-state index in [9.17, 15) is 9.59 Å². The molecule has 41 heavy (non-hydrogen) atoms. The van der Waals surface area contributed by atoms with Gasteiger partial charge in [0.05, 0.1) is 29.6 Å². The first-order chi connectivity index (χ1) is 19.5. The SMILES string of the molecule is COc1cc(OC(C)=O)c2c3c1O[C@H]1[C@@H](N(CC(C)C)C(=O)Cc4ccc(Cl)c(Cl)c4)CC[C@H]4[C@@H](C2)N(C)CC[C@@]341. The number of rotatable bonds is 7. The summed E-state index contributed by atoms with van der Waals surface area (Å²) in [6, 6.07) is 7.40. The van der Waals surface area contributed by atoms with Gasteiger partial charge < -0.3 is 24.0 Å². The maximum absolute atomic E-state index is 14.1. The minimum Gasteiger partial charge on any atom is -0.493 e. The fourth-order valence-electron chi connectivity index (χ4n) is 8.21. The molecule has 2 aliphatic heterocycles. The summed E-state index contributed by atoms with van der Waals surface area (Å²) in [6.07, 6.45) is 3.59. The summed E-state index contributed by atoms with van der Waals surface area (Å²) < 4.78 is 18.6. The number of esters is 1. The van der Waals surface area contributed by atoms with E-state index in [1.165, 1.54) is 6.92 Å². The molecule has 0 unspecified atom stereocenters. The third kappa shape index (κ3) is 4.59. The molecular formula is C32H38Cl2N2O5. The lowest BCUT2D eigenvalue weighted by atomic mass is 9.51. The topological polar surface area (TPSA) is 68.3 Å². The zero-order valence-electron chi connectivity index (χ0n) is 24.3. The second kappa shape index (κ2) is 10.7. The van der Waals surface area contributed by atoms with Gasteiger partial charge >= 0.3 is 5.97 Å². The number of hydrogen-bond donors (Lipinski definition) is 0. The van der Waals surface area contributed by atoms with Crippen molar-refractivity contribution in [3.05, 3.63) is 51.0 Å². The molecule has 0 radical (unpaired) electrons. The van der Waals surface area contributed by atoms with Crippen LogP contribution in [0.2, 0.25) is 10.0 Å². The highest BCUT2D eigenvalue weighted by Crippen LogP contribution is 2.65. The van der Waals surface area contributed by atoms with Gasteiger partial charge in [0.2, 0.25) is 5.91 Å². The Hall–Kier alpha value is -2.48. The van der Waals surface area contributed by atoms with E-state index in [0.29, 0.717) is 40.0 Å². The van der Waals surface area contributed by atoms with Crippen LogP contribution in [0.5, 0.6) is 17.2 Å². The number of carbonyl (C=O) groups is 2. The Kier molecular flexibility index (Phi) is 7.44. The Morgan fingerprint density at radius 3 is 2.63 bits per heavy atom. The number of nitrogens with zero attached hydrogens (tertiary/aromatic N) is 2. The predicted molar refractivity (Wildman–Crippen MR) is 158 cm³/mol. The Bertz CT molecular complexity index is 1400. The van der Waals surface area contributed by atoms with E-state index < -0.39 is 0 Å². The molecular weight excluding hydrogens is 563 g/mol. The normalized spacial score (nSPS) is 27.7. The van der Waals surface area contributed by atoms with Crippen molar-refractivity contribution in [1.29, 1.82) is 0 Å². The third-order valence-electron chi connectivity index (χ3n) is 9.73. The molecule has 2 aliphatic carbocycles. The number of piperidine rings is 1. The number of likely N-dealkylation sites (N-methyl/N-ethyl adjacent to an activating group) is 1. The second-order valence-corrected chi connectivity index (χ2v) is 13.4. The Labute approximate surface area is 252 Å². The van der Waals surface area contributed by atoms with Crippen LogP contribution in [0, 0.1) is 11.8 Å². The summed E-state index contributed by atoms with van der Waals surface area (Å²) in [5.41, 5.74) is 2.74. The Morgan fingerprint density at radius 1 is 1.17 bits per heavy atom. The molecule has 2 fully saturated rings. The average Bonchev–Trinajstić information content (AvgIpc) is 3.26. The van der Waals surface area contributed by atoms with E-state index in [-0.39, 0.29) is 41.8 Å². The van der Waals surface area contributed by atoms with E-state index in [1.807, 2.05) is 6.07 Å². The molecule has 220 valence electrons. The van der Waals surface area contributed by atoms with E-state index in [0.717, 1.165) is 54.7 Å². The molecule has 2 aromatic carbocycles. The largest absolute Gasteiger partial charge is 0.493 e. The molecule has 6 rings (SSSR count). The minimum atomic E-state index is -0.352. The van der Waals surface area contributed by atoms with E-state index in [2.05, 4.69) is 30.7 Å². The molecule has 2 aromatic rings. The third-order valence-corrected chi connectivity index (χ3v) is 10.5. The van der Waals surface area contributed by atoms with Crippen molar-refractivity contribution in [3.8, 4) is 17.2 Å². The van der Waals surface area contributed by atoms with Gasteiger partial charge in [0.25, 0.3) is 0 Å². The minimum absolute atomic E-state index is 0.0598. The lowest BCUT2D eigenvalue weighted by Crippen LogP contribution is -2.69. The van der Waals surface area contributed by atoms with Crippen LogP contribution in [0.4, 0.5) is 0 Å². The molecule has 7 nitrogen and oxygen atoms in total. The van der Waals surface area contributed by atoms with Crippen LogP contribution in [0.25, 0.3) is 0 Å². The first-order valence-corrected chi connectivity index (χ1v) is 15.3. The lowest BCUT2D eigenvalue weighted by Gasteiger charge is -2.60. The maximum Gasteiger partial charge on any atom is 0.308 e. The zero-order chi connectivity index (χ0) is 29.2. The number of hydrogen-bond acceptors (Lipinski definition) is 6. The number of ether oxygens (including phenoxy) is 3. The molecule has 4 aliphatic rings. The Morgan fingerprint density at radius 2 is 1.95 bits per heavy atom. The van der Waals surface area contributed by atoms with Crippen molar-refractivity contribution >= 4 is 35.1 Å². The lowest BCUT2D eigenvalue weighted by molar-refractivity contribution is -0.142. The van der Waals surface area contributed by atoms with Crippen LogP contribution in [-0.4, -0.2) is 67.1 Å². The highest BCUT2D eigenvalue weighted by Gasteiger charge is 2.67. The monoisotopic (exact) mass is 600 g/mol. The smallest absolute Gasteiger partial charge is 0.308 e. The van der Waals surface area contributed by atoms with Gasteiger partial charge in [-0.1, -0.05) is 43.1 Å². The van der Waals surface area contributed by atoms with Crippen LogP contribution in [0.1, 0.15) is 56.7 Å². The highest BCUT2D eigenvalue weighted by molar-refractivity contribution is 6.42. The molecule has 0 aromatic heterocycles. The van der Waals surface area contributed by atoms with Gasteiger partial charge in [0.1, 0.15) is 11.9 Å². The van der Waals surface area contributed by atoms with Gasteiger partial charge in [-0.15, -0.1) is 0 Å². The summed E-state index contributed by atoms with van der Waals surface area (Å²) >= 11 is 12.4. The standard InChI is InChI=1S/C32H38Cl2N2O5/c1-17(2)16-36(28(38)13-19-6-8-22(33)23(34)12-19)24-9-7-21-25-14-20-26(40-18(3)37)15-27(39-5)30-29(20)32(21,31(24)41-30)10-11-35(25)4/h6,8,12,15,17,21,24-25,31H,7,9-11,13-14,16H2,1-5H3/t21-,24-,25+,31-,32-/m0/s1. The van der Waals surface area contributed by atoms with Crippen LogP contribution < -0.4 is 14.2 Å². The number of likely N-dealkylation sites (tertiary alicyclic amines) is 1. The van der Waals surface area contributed by atoms with Gasteiger partial charge in [-0.2, -0.15) is 0 Å². The van der Waals surface area contributed by atoms with Gasteiger partial charge in [-0.3, -0.25) is 9.59 Å². The molecule has 2 bridgehead atoms. The first kappa shape index (κ1) is 28.6. The van der Waals surface area contributed by atoms with Crippen LogP contribution in [0.3, 0.4) is 0 Å². The van der Waals surface area contributed by atoms with Crippen LogP contribution in [0.15, 0.2) is 24.3 Å². The van der Waals surface area contributed by atoms with Gasteiger partial charge in [-0.05, 0) is 68.8 Å². The number of amides is 1. The van der Waals surface area contributed by atoms with E-state index in [4.69, 9.17) is 37.4 Å². The van der Waals surface area contributed by atoms with Crippen molar-refractivity contribution < 1.29 is 23.8 Å². The molecule has 2 heterocycles. The van der Waals surface area contributed by atoms with Crippen molar-refractivity contribution in [2.24, 2.45) is 11.8 Å². The number of methoxy groups -OCH3 is 1. The molecule has 0 N–H and O–H groups in total. The highest BCUT2D eigenvalue weighted by atomic mass is 35.5. The average molecular weight is 602 g/mol. The fourth-order valence-corrected chi connectivity index (χ4v) is 8.53. The van der Waals surface area contributed by atoms with Crippen molar-refractivity contribution in [2.75, 3.05) is 27.2 Å². The molecule has 1 saturated carbocycles. The summed E-state index contributed by atoms with van der Waals surface area (Å²) in [6.45, 7) is 7.29. The van der Waals surface area contributed by atoms with E-state index >= 15 is 0 Å². The number of halogens is 2. The summed E-state index contributed by atoms with van der Waals surface area (Å²) in [5.74, 6) is 2.26. The second-order valence-electron chi connectivity index (χ2n) is 12.6. The van der Waals surface area contributed by atoms with Gasteiger partial charge in [0.15, 0.2) is 11.5 Å². The zero-order valence-corrected chi connectivity index (χ0v) is 25.8. The molecule has 9 heteroatoms. The van der Waals surface area contributed by atoms with E-state index in [1.54, 1.807) is 25.3 Å².